The van der Waals surface area contributed by atoms with Crippen molar-refractivity contribution in [3.63, 3.8) is 0 Å². The quantitative estimate of drug-likeness (QED) is 0.105. The number of aromatic nitrogens is 2. The zero-order chi connectivity index (χ0) is 33.7. The van der Waals surface area contributed by atoms with Gasteiger partial charge in [0.2, 0.25) is 0 Å². The van der Waals surface area contributed by atoms with E-state index in [1.807, 2.05) is 91.0 Å². The van der Waals surface area contributed by atoms with Crippen LogP contribution in [0.3, 0.4) is 0 Å². The maximum Gasteiger partial charge on any atom is 0.351 e. The van der Waals surface area contributed by atoms with Crippen molar-refractivity contribution >= 4 is 17.8 Å². The molecule has 6 rings (SSSR count). The summed E-state index contributed by atoms with van der Waals surface area (Å²) in [5.41, 5.74) is 0.824. The van der Waals surface area contributed by atoms with Crippen LogP contribution in [0.15, 0.2) is 132 Å². The third kappa shape index (κ3) is 5.64. The molecule has 244 valence electrons. The number of aliphatic hydroxyl groups is 1. The van der Waals surface area contributed by atoms with Crippen molar-refractivity contribution in [1.29, 1.82) is 0 Å². The van der Waals surface area contributed by atoms with E-state index in [1.165, 1.54) is 42.1 Å². The maximum absolute atomic E-state index is 14.1. The van der Waals surface area contributed by atoms with E-state index in [4.69, 9.17) is 14.3 Å². The summed E-state index contributed by atoms with van der Waals surface area (Å²) in [6.07, 6.45) is -0.972. The van der Waals surface area contributed by atoms with Gasteiger partial charge in [-0.15, -0.1) is 0 Å². The molecule has 0 bridgehead atoms. The number of carbonyl (C=O) groups excluding carboxylic acids is 1. The van der Waals surface area contributed by atoms with Gasteiger partial charge in [0, 0.05) is 12.6 Å². The highest BCUT2D eigenvalue weighted by molar-refractivity contribution is 6.02. The van der Waals surface area contributed by atoms with E-state index in [1.54, 1.807) is 6.07 Å². The van der Waals surface area contributed by atoms with Crippen LogP contribution in [0.1, 0.15) is 43.8 Å². The van der Waals surface area contributed by atoms with Crippen molar-refractivity contribution in [2.75, 3.05) is 19.2 Å². The summed E-state index contributed by atoms with van der Waals surface area (Å²) in [6.45, 7) is -0.435. The first kappa shape index (κ1) is 32.3. The highest BCUT2D eigenvalue weighted by Gasteiger charge is 2.63. The molecule has 11 heteroatoms. The Bertz CT molecular complexity index is 1860. The van der Waals surface area contributed by atoms with Gasteiger partial charge in [0.25, 0.3) is 0 Å². The molecule has 0 spiro atoms. The molecule has 0 amide bonds. The number of carboxylic acid groups (broad SMARTS) is 1. The second-order valence-electron chi connectivity index (χ2n) is 11.3. The molecule has 0 unspecified atom stereocenters. The Kier molecular flexibility index (Phi) is 9.17. The second-order valence-corrected chi connectivity index (χ2v) is 11.3. The number of aromatic carboxylic acids is 1. The average molecular weight is 648 g/mol. The fourth-order valence-electron chi connectivity index (χ4n) is 6.68. The van der Waals surface area contributed by atoms with Gasteiger partial charge in [-0.05, 0) is 34.9 Å². The SMILES string of the molecule is CONc1ccn([C@@]2(C(c3ccccc3)(c3ccccc3)c3ccccc3)C[C@H](O)[C@@H](COC(=O)c3ccccc3C(=O)O)O2)c(=O)n1. The molecule has 0 aliphatic carbocycles. The summed E-state index contributed by atoms with van der Waals surface area (Å²) in [5.74, 6) is -2.01. The smallest absolute Gasteiger partial charge is 0.351 e. The van der Waals surface area contributed by atoms with Crippen LogP contribution in [0, 0.1) is 0 Å². The van der Waals surface area contributed by atoms with Crippen molar-refractivity contribution in [3.8, 4) is 0 Å². The fraction of sp³-hybridized carbons (Fsp3) is 0.189. The first-order valence-corrected chi connectivity index (χ1v) is 15.2. The van der Waals surface area contributed by atoms with Gasteiger partial charge in [0.15, 0.2) is 11.5 Å². The third-order valence-electron chi connectivity index (χ3n) is 8.62. The molecular formula is C37H33N3O8. The van der Waals surface area contributed by atoms with E-state index < -0.39 is 47.6 Å². The van der Waals surface area contributed by atoms with Crippen molar-refractivity contribution in [2.45, 2.75) is 29.8 Å². The highest BCUT2D eigenvalue weighted by atomic mass is 16.6. The molecule has 1 aromatic heterocycles. The van der Waals surface area contributed by atoms with Gasteiger partial charge in [-0.3, -0.25) is 9.40 Å². The molecule has 5 aromatic rings. The zero-order valence-corrected chi connectivity index (χ0v) is 25.9. The molecule has 3 N–H and O–H groups in total. The minimum Gasteiger partial charge on any atom is -0.478 e. The molecule has 2 heterocycles. The number of carboxylic acids is 1. The summed E-state index contributed by atoms with van der Waals surface area (Å²) >= 11 is 0. The molecule has 1 aliphatic rings. The molecule has 3 atom stereocenters. The Labute approximate surface area is 276 Å². The molecule has 11 nitrogen and oxygen atoms in total. The predicted molar refractivity (Wildman–Crippen MR) is 175 cm³/mol. The van der Waals surface area contributed by atoms with Gasteiger partial charge in [-0.1, -0.05) is 103 Å². The van der Waals surface area contributed by atoms with E-state index in [-0.39, 0.29) is 23.4 Å². The summed E-state index contributed by atoms with van der Waals surface area (Å²) in [7, 11) is 1.40. The Morgan fingerprint density at radius 2 is 1.40 bits per heavy atom. The van der Waals surface area contributed by atoms with Gasteiger partial charge >= 0.3 is 17.6 Å². The van der Waals surface area contributed by atoms with Crippen LogP contribution in [0.2, 0.25) is 0 Å². The number of esters is 1. The van der Waals surface area contributed by atoms with Crippen molar-refractivity contribution in [1.82, 2.24) is 9.55 Å². The number of ether oxygens (including phenoxy) is 2. The predicted octanol–water partition coefficient (Wildman–Crippen LogP) is 4.61. The van der Waals surface area contributed by atoms with E-state index in [0.29, 0.717) is 0 Å². The molecular weight excluding hydrogens is 614 g/mol. The number of rotatable bonds is 11. The van der Waals surface area contributed by atoms with E-state index in [0.717, 1.165) is 16.7 Å². The number of benzene rings is 4. The molecule has 1 saturated heterocycles. The number of nitrogens with one attached hydrogen (secondary N) is 1. The van der Waals surface area contributed by atoms with E-state index in [9.17, 15) is 24.6 Å². The summed E-state index contributed by atoms with van der Waals surface area (Å²) < 4.78 is 13.9. The maximum atomic E-state index is 14.1. The summed E-state index contributed by atoms with van der Waals surface area (Å²) in [6, 6.07) is 35.9. The lowest BCUT2D eigenvalue weighted by Gasteiger charge is -2.50. The zero-order valence-electron chi connectivity index (χ0n) is 25.9. The molecule has 0 saturated carbocycles. The lowest BCUT2D eigenvalue weighted by molar-refractivity contribution is -0.148. The molecule has 1 fully saturated rings. The lowest BCUT2D eigenvalue weighted by Crippen LogP contribution is -2.58. The normalized spacial score (nSPS) is 19.0. The Hall–Kier alpha value is -5.62. The first-order chi connectivity index (χ1) is 23.3. The van der Waals surface area contributed by atoms with Gasteiger partial charge in [0.1, 0.15) is 12.7 Å². The standard InChI is InChI=1S/C37H33N3O8/c1-46-39-32-21-22-40(35(45)38-32)36(23-30(41)31(48-36)24-47-34(44)29-20-12-11-19-28(29)33(42)43)37(25-13-5-2-6-14-25,26-15-7-3-8-16-26)27-17-9-4-10-18-27/h2-22,30-31,41H,23-24H2,1H3,(H,42,43)(H,38,39,45)/t30-,31+,36-/m0/s1. The third-order valence-corrected chi connectivity index (χ3v) is 8.62. The van der Waals surface area contributed by atoms with Gasteiger partial charge in [-0.2, -0.15) is 4.98 Å². The summed E-state index contributed by atoms with van der Waals surface area (Å²) in [4.78, 5) is 48.2. The Balaban J connectivity index is 1.56. The minimum absolute atomic E-state index is 0.127. The number of aliphatic hydroxyl groups excluding tert-OH is 1. The van der Waals surface area contributed by atoms with Gasteiger partial charge in [-0.25, -0.2) is 19.9 Å². The number of hydrogen-bond acceptors (Lipinski definition) is 9. The molecule has 4 aromatic carbocycles. The molecule has 48 heavy (non-hydrogen) atoms. The van der Waals surface area contributed by atoms with Crippen molar-refractivity contribution < 1.29 is 34.1 Å². The Morgan fingerprint density at radius 1 is 0.875 bits per heavy atom. The second kappa shape index (κ2) is 13.6. The largest absolute Gasteiger partial charge is 0.478 e. The summed E-state index contributed by atoms with van der Waals surface area (Å²) in [5, 5.41) is 21.4. The van der Waals surface area contributed by atoms with Gasteiger partial charge in [0.05, 0.1) is 29.8 Å². The Morgan fingerprint density at radius 3 is 1.90 bits per heavy atom. The fourth-order valence-corrected chi connectivity index (χ4v) is 6.68. The number of anilines is 1. The monoisotopic (exact) mass is 647 g/mol. The van der Waals surface area contributed by atoms with E-state index >= 15 is 0 Å². The van der Waals surface area contributed by atoms with Crippen LogP contribution in [-0.4, -0.2) is 57.6 Å². The van der Waals surface area contributed by atoms with Crippen LogP contribution in [-0.2, 0) is 25.5 Å². The number of carbonyl (C=O) groups is 2. The molecule has 0 radical (unpaired) electrons. The average Bonchev–Trinajstić information content (AvgIpc) is 3.45. The van der Waals surface area contributed by atoms with Crippen LogP contribution in [0.4, 0.5) is 5.82 Å². The number of hydrogen-bond donors (Lipinski definition) is 3. The van der Waals surface area contributed by atoms with Crippen molar-refractivity contribution in [2.24, 2.45) is 0 Å². The topological polar surface area (TPSA) is 149 Å². The van der Waals surface area contributed by atoms with Gasteiger partial charge < -0.3 is 19.7 Å². The van der Waals surface area contributed by atoms with Crippen LogP contribution in [0.25, 0.3) is 0 Å². The van der Waals surface area contributed by atoms with Crippen molar-refractivity contribution in [3.05, 3.63) is 166 Å². The lowest BCUT2D eigenvalue weighted by atomic mass is 9.61. The highest BCUT2D eigenvalue weighted by Crippen LogP contribution is 2.56. The first-order valence-electron chi connectivity index (χ1n) is 15.2. The number of nitrogens with zero attached hydrogens (tertiary/aromatic N) is 2. The van der Waals surface area contributed by atoms with E-state index in [2.05, 4.69) is 10.5 Å². The molecule has 1 aliphatic heterocycles. The van der Waals surface area contributed by atoms with Crippen LogP contribution >= 0.6 is 0 Å². The van der Waals surface area contributed by atoms with Crippen LogP contribution in [0.5, 0.6) is 0 Å². The minimum atomic E-state index is -1.69. The van der Waals surface area contributed by atoms with Crippen LogP contribution < -0.4 is 11.2 Å².